The number of esters is 3. The first-order valence-electron chi connectivity index (χ1n) is 34.0. The fourth-order valence-electron chi connectivity index (χ4n) is 9.40. The standard InChI is InChI=1S/C75H126O6/c1-4-7-10-13-16-19-22-25-28-31-33-35-37-39-41-44-47-50-53-56-59-62-65-68-74(77)80-71-72(70-79-73(76)67-64-61-58-55-52-49-46-43-30-27-24-21-18-15-12-9-6-3)81-75(78)69-66-63-60-57-54-51-48-45-42-40-38-36-34-32-29-26-23-20-17-14-11-8-5-2/h7,9-10,12,16,18-19,21,25,27-28,30,32-35,39,41,46,49,72H,4-6,8,11,13-15,17,20,22-24,26,29,31,36-38,40,42-45,47-48,50-71H2,1-3H3/b10-7-,12-9-,19-16-,21-18-,28-25-,30-27-,34-32-,35-33-,41-39-,49-46-. The first kappa shape index (κ1) is 76.8. The van der Waals surface area contributed by atoms with Gasteiger partial charge in [0, 0.05) is 19.3 Å². The van der Waals surface area contributed by atoms with Crippen molar-refractivity contribution < 1.29 is 28.6 Å². The summed E-state index contributed by atoms with van der Waals surface area (Å²) in [6.45, 7) is 6.41. The molecule has 0 radical (unpaired) electrons. The van der Waals surface area contributed by atoms with Gasteiger partial charge >= 0.3 is 17.9 Å². The van der Waals surface area contributed by atoms with E-state index in [4.69, 9.17) is 14.2 Å². The second-order valence-corrected chi connectivity index (χ2v) is 22.3. The number of carbonyl (C=O) groups is 3. The third-order valence-corrected chi connectivity index (χ3v) is 14.4. The van der Waals surface area contributed by atoms with Crippen molar-refractivity contribution in [3.8, 4) is 0 Å². The number of ether oxygens (including phenoxy) is 3. The van der Waals surface area contributed by atoms with Gasteiger partial charge < -0.3 is 14.2 Å². The molecule has 6 heteroatoms. The van der Waals surface area contributed by atoms with E-state index in [9.17, 15) is 14.4 Å². The minimum Gasteiger partial charge on any atom is -0.462 e. The van der Waals surface area contributed by atoms with Crippen LogP contribution in [0, 0.1) is 0 Å². The highest BCUT2D eigenvalue weighted by atomic mass is 16.6. The number of allylic oxidation sites excluding steroid dienone is 20. The van der Waals surface area contributed by atoms with Gasteiger partial charge in [-0.05, 0) is 128 Å². The monoisotopic (exact) mass is 1120 g/mol. The Bertz CT molecular complexity index is 1670. The maximum atomic E-state index is 13.0. The molecule has 1 atom stereocenters. The lowest BCUT2D eigenvalue weighted by atomic mass is 10.0. The van der Waals surface area contributed by atoms with Crippen molar-refractivity contribution in [2.45, 2.75) is 322 Å². The van der Waals surface area contributed by atoms with Crippen LogP contribution < -0.4 is 0 Å². The Labute approximate surface area is 501 Å². The van der Waals surface area contributed by atoms with Crippen LogP contribution in [0.5, 0.6) is 0 Å². The van der Waals surface area contributed by atoms with E-state index in [1.54, 1.807) is 0 Å². The Balaban J connectivity index is 4.42. The Morgan fingerprint density at radius 2 is 0.481 bits per heavy atom. The number of carbonyl (C=O) groups excluding carboxylic acids is 3. The lowest BCUT2D eigenvalue weighted by Crippen LogP contribution is -2.30. The Morgan fingerprint density at radius 3 is 0.765 bits per heavy atom. The molecule has 0 saturated heterocycles. The van der Waals surface area contributed by atoms with Gasteiger partial charge in [0.15, 0.2) is 6.10 Å². The zero-order valence-corrected chi connectivity index (χ0v) is 53.0. The van der Waals surface area contributed by atoms with Gasteiger partial charge in [0.05, 0.1) is 0 Å². The van der Waals surface area contributed by atoms with Gasteiger partial charge in [0.2, 0.25) is 0 Å². The molecule has 0 spiro atoms. The molecule has 0 bridgehead atoms. The topological polar surface area (TPSA) is 78.9 Å². The molecule has 0 amide bonds. The molecule has 0 heterocycles. The molecular weight excluding hydrogens is 997 g/mol. The summed E-state index contributed by atoms with van der Waals surface area (Å²) in [4.78, 5) is 38.4. The number of hydrogen-bond acceptors (Lipinski definition) is 6. The van der Waals surface area contributed by atoms with Crippen LogP contribution in [0.15, 0.2) is 122 Å². The first-order valence-corrected chi connectivity index (χ1v) is 34.0. The predicted octanol–water partition coefficient (Wildman–Crippen LogP) is 23.6. The van der Waals surface area contributed by atoms with Gasteiger partial charge in [0.25, 0.3) is 0 Å². The van der Waals surface area contributed by atoms with E-state index in [1.807, 2.05) is 0 Å². The Morgan fingerprint density at radius 1 is 0.259 bits per heavy atom. The summed E-state index contributed by atoms with van der Waals surface area (Å²) in [5.41, 5.74) is 0. The van der Waals surface area contributed by atoms with Gasteiger partial charge in [-0.3, -0.25) is 14.4 Å². The molecule has 6 nitrogen and oxygen atoms in total. The maximum Gasteiger partial charge on any atom is 0.306 e. The molecular formula is C75H126O6. The van der Waals surface area contributed by atoms with Crippen LogP contribution >= 0.6 is 0 Å². The number of hydrogen-bond donors (Lipinski definition) is 0. The molecule has 462 valence electrons. The van der Waals surface area contributed by atoms with Gasteiger partial charge in [-0.25, -0.2) is 0 Å². The van der Waals surface area contributed by atoms with Crippen molar-refractivity contribution >= 4 is 17.9 Å². The van der Waals surface area contributed by atoms with Crippen molar-refractivity contribution in [1.29, 1.82) is 0 Å². The lowest BCUT2D eigenvalue weighted by Gasteiger charge is -2.18. The van der Waals surface area contributed by atoms with E-state index in [0.717, 1.165) is 135 Å². The summed E-state index contributed by atoms with van der Waals surface area (Å²) >= 11 is 0. The van der Waals surface area contributed by atoms with Crippen LogP contribution in [0.1, 0.15) is 316 Å². The lowest BCUT2D eigenvalue weighted by molar-refractivity contribution is -0.167. The highest BCUT2D eigenvalue weighted by Gasteiger charge is 2.19. The number of rotatable bonds is 61. The molecule has 81 heavy (non-hydrogen) atoms. The fraction of sp³-hybridized carbons (Fsp3) is 0.693. The van der Waals surface area contributed by atoms with Crippen molar-refractivity contribution in [1.82, 2.24) is 0 Å². The fourth-order valence-corrected chi connectivity index (χ4v) is 9.40. The van der Waals surface area contributed by atoms with Gasteiger partial charge in [-0.15, -0.1) is 0 Å². The summed E-state index contributed by atoms with van der Waals surface area (Å²) in [6, 6.07) is 0. The molecule has 0 aliphatic rings. The molecule has 0 rings (SSSR count). The van der Waals surface area contributed by atoms with E-state index in [0.29, 0.717) is 19.3 Å². The Kier molecular flexibility index (Phi) is 64.8. The van der Waals surface area contributed by atoms with E-state index in [1.165, 1.54) is 141 Å². The van der Waals surface area contributed by atoms with E-state index < -0.39 is 6.10 Å². The van der Waals surface area contributed by atoms with Crippen LogP contribution in [0.25, 0.3) is 0 Å². The molecule has 0 N–H and O–H groups in total. The van der Waals surface area contributed by atoms with Crippen molar-refractivity contribution in [3.05, 3.63) is 122 Å². The van der Waals surface area contributed by atoms with Crippen molar-refractivity contribution in [2.24, 2.45) is 0 Å². The molecule has 0 aromatic heterocycles. The quantitative estimate of drug-likeness (QED) is 0.0261. The van der Waals surface area contributed by atoms with Crippen LogP contribution in [0.2, 0.25) is 0 Å². The highest BCUT2D eigenvalue weighted by molar-refractivity contribution is 5.71. The van der Waals surface area contributed by atoms with Gasteiger partial charge in [-0.1, -0.05) is 290 Å². The minimum atomic E-state index is -0.799. The van der Waals surface area contributed by atoms with Crippen molar-refractivity contribution in [2.75, 3.05) is 13.2 Å². The molecule has 0 aliphatic heterocycles. The zero-order valence-electron chi connectivity index (χ0n) is 53.0. The van der Waals surface area contributed by atoms with Crippen LogP contribution in [0.3, 0.4) is 0 Å². The third-order valence-electron chi connectivity index (χ3n) is 14.4. The Hall–Kier alpha value is -4.19. The maximum absolute atomic E-state index is 13.0. The normalized spacial score (nSPS) is 12.9. The second kappa shape index (κ2) is 68.3. The van der Waals surface area contributed by atoms with Gasteiger partial charge in [-0.2, -0.15) is 0 Å². The van der Waals surface area contributed by atoms with E-state index in [-0.39, 0.29) is 31.1 Å². The molecule has 0 aromatic rings. The smallest absolute Gasteiger partial charge is 0.306 e. The second-order valence-electron chi connectivity index (χ2n) is 22.3. The van der Waals surface area contributed by atoms with Crippen LogP contribution in [0.4, 0.5) is 0 Å². The van der Waals surface area contributed by atoms with Crippen LogP contribution in [-0.4, -0.2) is 37.2 Å². The van der Waals surface area contributed by atoms with E-state index in [2.05, 4.69) is 142 Å². The van der Waals surface area contributed by atoms with Crippen LogP contribution in [-0.2, 0) is 28.6 Å². The largest absolute Gasteiger partial charge is 0.462 e. The average molecular weight is 1120 g/mol. The van der Waals surface area contributed by atoms with Crippen molar-refractivity contribution in [3.63, 3.8) is 0 Å². The summed E-state index contributed by atoms with van der Waals surface area (Å²) < 4.78 is 17.0. The molecule has 0 saturated carbocycles. The average Bonchev–Trinajstić information content (AvgIpc) is 3.47. The number of unbranched alkanes of at least 4 members (excludes halogenated alkanes) is 30. The molecule has 1 unspecified atom stereocenters. The summed E-state index contributed by atoms with van der Waals surface area (Å²) in [5, 5.41) is 0. The summed E-state index contributed by atoms with van der Waals surface area (Å²) in [5.74, 6) is -0.920. The summed E-state index contributed by atoms with van der Waals surface area (Å²) in [7, 11) is 0. The molecule has 0 aromatic carbocycles. The SMILES string of the molecule is CC/C=C\C/C=C\C/C=C\C/C=C\C/C=C\CCCCCCCCCC(=O)OCC(COC(=O)CCCCCC/C=C\C/C=C\C/C=C\C/C=C\CC)OC(=O)CCCCCCCCCCCCC/C=C\CCCCCCCCCC. The third kappa shape index (κ3) is 66.5. The zero-order chi connectivity index (χ0) is 58.5. The van der Waals surface area contributed by atoms with Gasteiger partial charge in [0.1, 0.15) is 13.2 Å². The molecule has 0 aliphatic carbocycles. The predicted molar refractivity (Wildman–Crippen MR) is 353 cm³/mol. The highest BCUT2D eigenvalue weighted by Crippen LogP contribution is 2.16. The van der Waals surface area contributed by atoms with E-state index >= 15 is 0 Å². The first-order chi connectivity index (χ1) is 40.0. The summed E-state index contributed by atoms with van der Waals surface area (Å²) in [6.07, 6.45) is 94.9. The minimum absolute atomic E-state index is 0.0938. The molecule has 0 fully saturated rings.